The molecule has 0 aromatic carbocycles. The first kappa shape index (κ1) is 23.2. The van der Waals surface area contributed by atoms with Gasteiger partial charge in [-0.05, 0) is 44.5 Å². The van der Waals surface area contributed by atoms with Crippen LogP contribution < -0.4 is 31.3 Å². The second kappa shape index (κ2) is 8.91. The summed E-state index contributed by atoms with van der Waals surface area (Å²) in [7, 11) is 0. The van der Waals surface area contributed by atoms with E-state index in [1.165, 1.54) is 0 Å². The van der Waals surface area contributed by atoms with Crippen molar-refractivity contribution in [2.24, 2.45) is 11.7 Å². The first-order valence-electron chi connectivity index (χ1n) is 11.3. The molecule has 186 valence electrons. The van der Waals surface area contributed by atoms with E-state index >= 15 is 0 Å². The number of rotatable bonds is 6. The number of carbonyl (C=O) groups excluding carboxylic acids is 2. The molecule has 2 amide bonds. The molecule has 5 heterocycles. The molecule has 1 atom stereocenters. The van der Waals surface area contributed by atoms with Gasteiger partial charge in [0.05, 0.1) is 24.0 Å². The molecule has 1 saturated heterocycles. The molecule has 2 aliphatic rings. The minimum atomic E-state index is -1.02. The number of hydrogen-bond acceptors (Lipinski definition) is 10. The standard InChI is InChI=1S/C23H24FN9O3/c1-23(2)21(35)31-20-15(36-23)4-5-16(30-20)29-19-14(24)10-27-22(32-19)28-13-3-6-17(26-9-13)33-8-7-12(11-33)18(25)34/h3-6,9-10,12H,7-8,11H2,1-2H3,(H2,25,34)(H3,27,28,29,30,31,32,35). The molecule has 5 rings (SSSR count). The number of ether oxygens (including phenoxy) is 1. The molecule has 3 aromatic heterocycles. The second-order valence-corrected chi connectivity index (χ2v) is 8.99. The Balaban J connectivity index is 1.28. The van der Waals surface area contributed by atoms with Gasteiger partial charge < -0.3 is 31.3 Å². The molecule has 2 aliphatic heterocycles. The predicted molar refractivity (Wildman–Crippen MR) is 130 cm³/mol. The highest BCUT2D eigenvalue weighted by atomic mass is 19.1. The average Bonchev–Trinajstić information content (AvgIpc) is 3.33. The van der Waals surface area contributed by atoms with Crippen LogP contribution in [0.15, 0.2) is 36.7 Å². The van der Waals surface area contributed by atoms with Crippen molar-refractivity contribution in [3.05, 3.63) is 42.5 Å². The minimum absolute atomic E-state index is 0.109. The molecule has 1 fully saturated rings. The maximum atomic E-state index is 14.4. The third-order valence-electron chi connectivity index (χ3n) is 5.91. The molecule has 0 radical (unpaired) electrons. The first-order chi connectivity index (χ1) is 17.2. The smallest absolute Gasteiger partial charge is 0.269 e. The van der Waals surface area contributed by atoms with Crippen LogP contribution in [0.1, 0.15) is 20.3 Å². The minimum Gasteiger partial charge on any atom is -0.474 e. The van der Waals surface area contributed by atoms with E-state index in [1.807, 2.05) is 11.0 Å². The summed E-state index contributed by atoms with van der Waals surface area (Å²) in [6.45, 7) is 4.54. The van der Waals surface area contributed by atoms with E-state index < -0.39 is 11.4 Å². The van der Waals surface area contributed by atoms with Crippen molar-refractivity contribution in [3.63, 3.8) is 0 Å². The molecule has 0 bridgehead atoms. The summed E-state index contributed by atoms with van der Waals surface area (Å²) < 4.78 is 20.1. The number of amides is 2. The fourth-order valence-electron chi connectivity index (χ4n) is 3.88. The third kappa shape index (κ3) is 4.67. The Kier molecular flexibility index (Phi) is 5.74. The van der Waals surface area contributed by atoms with E-state index in [4.69, 9.17) is 10.5 Å². The van der Waals surface area contributed by atoms with Gasteiger partial charge in [0.1, 0.15) is 11.6 Å². The molecule has 0 spiro atoms. The van der Waals surface area contributed by atoms with Crippen molar-refractivity contribution in [2.45, 2.75) is 25.9 Å². The lowest BCUT2D eigenvalue weighted by Crippen LogP contribution is -2.46. The van der Waals surface area contributed by atoms with Crippen molar-refractivity contribution in [3.8, 4) is 5.75 Å². The van der Waals surface area contributed by atoms with Crippen molar-refractivity contribution < 1.29 is 18.7 Å². The highest BCUT2D eigenvalue weighted by molar-refractivity contribution is 5.99. The Morgan fingerprint density at radius 2 is 2.03 bits per heavy atom. The zero-order chi connectivity index (χ0) is 25.4. The lowest BCUT2D eigenvalue weighted by Gasteiger charge is -2.30. The highest BCUT2D eigenvalue weighted by Gasteiger charge is 2.36. The number of carbonyl (C=O) groups is 2. The number of fused-ring (bicyclic) bond motifs is 1. The van der Waals surface area contributed by atoms with Crippen molar-refractivity contribution in [1.82, 2.24) is 19.9 Å². The lowest BCUT2D eigenvalue weighted by atomic mass is 10.1. The Bertz CT molecular complexity index is 1330. The van der Waals surface area contributed by atoms with Gasteiger partial charge in [-0.3, -0.25) is 9.59 Å². The predicted octanol–water partition coefficient (Wildman–Crippen LogP) is 2.31. The number of nitrogens with zero attached hydrogens (tertiary/aromatic N) is 5. The monoisotopic (exact) mass is 493 g/mol. The van der Waals surface area contributed by atoms with Crippen LogP contribution in [0.4, 0.5) is 39.3 Å². The number of anilines is 6. The lowest BCUT2D eigenvalue weighted by molar-refractivity contribution is -0.129. The van der Waals surface area contributed by atoms with Crippen LogP contribution in [-0.4, -0.2) is 50.4 Å². The quantitative estimate of drug-likeness (QED) is 0.401. The van der Waals surface area contributed by atoms with Crippen LogP contribution in [0.3, 0.4) is 0 Å². The van der Waals surface area contributed by atoms with E-state index in [-0.39, 0.29) is 41.1 Å². The zero-order valence-electron chi connectivity index (χ0n) is 19.6. The maximum absolute atomic E-state index is 14.4. The number of hydrogen-bond donors (Lipinski definition) is 4. The van der Waals surface area contributed by atoms with E-state index in [0.717, 1.165) is 12.0 Å². The van der Waals surface area contributed by atoms with Crippen molar-refractivity contribution in [2.75, 3.05) is 33.9 Å². The summed E-state index contributed by atoms with van der Waals surface area (Å²) in [5, 5.41) is 8.47. The largest absolute Gasteiger partial charge is 0.474 e. The van der Waals surface area contributed by atoms with Crippen LogP contribution in [0.5, 0.6) is 5.75 Å². The molecular weight excluding hydrogens is 469 g/mol. The topological polar surface area (TPSA) is 160 Å². The van der Waals surface area contributed by atoms with Crippen LogP contribution in [0.2, 0.25) is 0 Å². The second-order valence-electron chi connectivity index (χ2n) is 8.99. The van der Waals surface area contributed by atoms with Crippen LogP contribution in [-0.2, 0) is 9.59 Å². The number of pyridine rings is 2. The third-order valence-corrected chi connectivity index (χ3v) is 5.91. The Morgan fingerprint density at radius 1 is 1.19 bits per heavy atom. The van der Waals surface area contributed by atoms with Gasteiger partial charge in [-0.25, -0.2) is 19.3 Å². The summed E-state index contributed by atoms with van der Waals surface area (Å²) in [5.74, 6) is 0.141. The van der Waals surface area contributed by atoms with Gasteiger partial charge in [0.2, 0.25) is 11.9 Å². The Hall–Kier alpha value is -4.55. The van der Waals surface area contributed by atoms with Gasteiger partial charge in [0.15, 0.2) is 28.8 Å². The normalized spacial score (nSPS) is 18.1. The van der Waals surface area contributed by atoms with E-state index in [9.17, 15) is 14.0 Å². The SMILES string of the molecule is CC1(C)Oc2ccc(Nc3nc(Nc4ccc(N5CCC(C(N)=O)C5)nc4)ncc3F)nc2NC1=O. The van der Waals surface area contributed by atoms with Gasteiger partial charge in [0.25, 0.3) is 5.91 Å². The number of halogens is 1. The van der Waals surface area contributed by atoms with Gasteiger partial charge in [-0.2, -0.15) is 4.98 Å². The van der Waals surface area contributed by atoms with Crippen LogP contribution in [0, 0.1) is 11.7 Å². The molecule has 1 unspecified atom stereocenters. The van der Waals surface area contributed by atoms with Gasteiger partial charge >= 0.3 is 0 Å². The molecule has 0 saturated carbocycles. The Labute approximate surface area is 205 Å². The maximum Gasteiger partial charge on any atom is 0.269 e. The van der Waals surface area contributed by atoms with Gasteiger partial charge in [-0.1, -0.05) is 0 Å². The molecule has 12 nitrogen and oxygen atoms in total. The summed E-state index contributed by atoms with van der Waals surface area (Å²) in [6.07, 6.45) is 3.33. The van der Waals surface area contributed by atoms with Crippen molar-refractivity contribution >= 4 is 46.7 Å². The average molecular weight is 494 g/mol. The summed E-state index contributed by atoms with van der Waals surface area (Å²) in [4.78, 5) is 42.4. The highest BCUT2D eigenvalue weighted by Crippen LogP contribution is 2.33. The number of nitrogens with one attached hydrogen (secondary N) is 3. The molecule has 3 aromatic rings. The number of primary amides is 1. The van der Waals surface area contributed by atoms with Crippen molar-refractivity contribution in [1.29, 1.82) is 0 Å². The van der Waals surface area contributed by atoms with Crippen LogP contribution >= 0.6 is 0 Å². The molecule has 13 heteroatoms. The molecule has 36 heavy (non-hydrogen) atoms. The summed E-state index contributed by atoms with van der Waals surface area (Å²) in [6, 6.07) is 6.81. The number of aromatic nitrogens is 4. The van der Waals surface area contributed by atoms with E-state index in [1.54, 1.807) is 38.2 Å². The van der Waals surface area contributed by atoms with Gasteiger partial charge in [-0.15, -0.1) is 0 Å². The first-order valence-corrected chi connectivity index (χ1v) is 11.3. The Morgan fingerprint density at radius 3 is 2.75 bits per heavy atom. The molecule has 0 aliphatic carbocycles. The van der Waals surface area contributed by atoms with E-state index in [0.29, 0.717) is 30.9 Å². The van der Waals surface area contributed by atoms with E-state index in [2.05, 4.69) is 35.9 Å². The summed E-state index contributed by atoms with van der Waals surface area (Å²) >= 11 is 0. The fourth-order valence-corrected chi connectivity index (χ4v) is 3.88. The van der Waals surface area contributed by atoms with Gasteiger partial charge in [0, 0.05) is 13.1 Å². The fraction of sp³-hybridized carbons (Fsp3) is 0.304. The van der Waals surface area contributed by atoms with Crippen LogP contribution in [0.25, 0.3) is 0 Å². The molecule has 5 N–H and O–H groups in total. The zero-order valence-corrected chi connectivity index (χ0v) is 19.6. The molecular formula is C23H24FN9O3. The number of nitrogens with two attached hydrogens (primary N) is 1. The summed E-state index contributed by atoms with van der Waals surface area (Å²) in [5.41, 5.74) is 4.97.